The summed E-state index contributed by atoms with van der Waals surface area (Å²) in [6.07, 6.45) is 0. The second-order valence-electron chi connectivity index (χ2n) is 13.4. The Morgan fingerprint density at radius 2 is 0.769 bits per heavy atom. The third-order valence-electron chi connectivity index (χ3n) is 10.5. The molecule has 3 heteroatoms. The van der Waals surface area contributed by atoms with Gasteiger partial charge in [-0.1, -0.05) is 188 Å². The topological polar surface area (TPSA) is 30.0 Å². The Kier molecular flexibility index (Phi) is 7.13. The Bertz CT molecular complexity index is 2970. The van der Waals surface area contributed by atoms with Crippen LogP contribution in [-0.2, 0) is 4.57 Å². The first-order chi connectivity index (χ1) is 25.7. The fourth-order valence-corrected chi connectivity index (χ4v) is 10.8. The van der Waals surface area contributed by atoms with Crippen LogP contribution in [0.4, 0.5) is 0 Å². The SMILES string of the molecule is O=P(c1ccccc1)(c1ccccc1)c1ccc(-c2cc3nc(-c4ccccc4)c4c5ccccc5c5ccccc5c4c3c3ccccc23)cc1. The van der Waals surface area contributed by atoms with E-state index in [1.165, 1.54) is 32.3 Å². The molecule has 0 aliphatic heterocycles. The van der Waals surface area contributed by atoms with Crippen LogP contribution in [0.1, 0.15) is 0 Å². The number of pyridine rings is 1. The lowest BCUT2D eigenvalue weighted by Crippen LogP contribution is -2.24. The standard InChI is InChI=1S/C49H32NOP/c51-52(35-18-6-2-7-19-35,36-20-8-3-9-21-36)37-30-28-33(29-31-37)44-32-45-46(41-25-13-12-24-40(41)44)47-42-26-14-10-22-38(42)39-23-11-15-27-43(39)48(47)49(50-45)34-16-4-1-5-17-34/h1-32H. The van der Waals surface area contributed by atoms with Gasteiger partial charge in [0, 0.05) is 37.6 Å². The minimum atomic E-state index is -3.10. The highest BCUT2D eigenvalue weighted by Crippen LogP contribution is 2.47. The lowest BCUT2D eigenvalue weighted by atomic mass is 9.87. The van der Waals surface area contributed by atoms with Gasteiger partial charge in [0.25, 0.3) is 0 Å². The van der Waals surface area contributed by atoms with Gasteiger partial charge in [0.05, 0.1) is 11.2 Å². The molecule has 0 aliphatic rings. The highest BCUT2D eigenvalue weighted by atomic mass is 31.2. The molecule has 0 amide bonds. The van der Waals surface area contributed by atoms with Crippen molar-refractivity contribution in [2.24, 2.45) is 0 Å². The zero-order valence-electron chi connectivity index (χ0n) is 28.3. The first kappa shape index (κ1) is 30.5. The summed E-state index contributed by atoms with van der Waals surface area (Å²) < 4.78 is 15.1. The van der Waals surface area contributed by atoms with Crippen molar-refractivity contribution in [3.8, 4) is 22.4 Å². The van der Waals surface area contributed by atoms with E-state index in [4.69, 9.17) is 4.98 Å². The first-order valence-corrected chi connectivity index (χ1v) is 19.4. The molecule has 0 spiro atoms. The van der Waals surface area contributed by atoms with Crippen LogP contribution in [0.5, 0.6) is 0 Å². The van der Waals surface area contributed by atoms with Crippen molar-refractivity contribution >= 4 is 77.0 Å². The Labute approximate surface area is 302 Å². The highest BCUT2D eigenvalue weighted by Gasteiger charge is 2.29. The van der Waals surface area contributed by atoms with Crippen LogP contribution < -0.4 is 15.9 Å². The third-order valence-corrected chi connectivity index (χ3v) is 13.6. The van der Waals surface area contributed by atoms with E-state index in [0.29, 0.717) is 0 Å². The average Bonchev–Trinajstić information content (AvgIpc) is 3.23. The van der Waals surface area contributed by atoms with Crippen LogP contribution in [0.25, 0.3) is 76.4 Å². The third kappa shape index (κ3) is 4.65. The molecule has 0 unspecified atom stereocenters. The van der Waals surface area contributed by atoms with Crippen molar-refractivity contribution in [1.82, 2.24) is 4.98 Å². The molecular weight excluding hydrogens is 650 g/mol. The molecule has 9 aromatic carbocycles. The Morgan fingerprint density at radius 3 is 1.33 bits per heavy atom. The number of hydrogen-bond acceptors (Lipinski definition) is 2. The number of benzene rings is 9. The van der Waals surface area contributed by atoms with Gasteiger partial charge in [-0.3, -0.25) is 0 Å². The van der Waals surface area contributed by atoms with Gasteiger partial charge >= 0.3 is 0 Å². The maximum absolute atomic E-state index is 15.1. The maximum Gasteiger partial charge on any atom is 0.171 e. The predicted octanol–water partition coefficient (Wildman–Crippen LogP) is 11.8. The van der Waals surface area contributed by atoms with Crippen LogP contribution in [0.15, 0.2) is 194 Å². The largest absolute Gasteiger partial charge is 0.309 e. The molecule has 0 bridgehead atoms. The van der Waals surface area contributed by atoms with Crippen molar-refractivity contribution in [3.05, 3.63) is 194 Å². The smallest absolute Gasteiger partial charge is 0.171 e. The molecule has 0 saturated carbocycles. The van der Waals surface area contributed by atoms with E-state index in [1.807, 2.05) is 60.7 Å². The minimum Gasteiger partial charge on any atom is -0.309 e. The molecule has 0 saturated heterocycles. The zero-order chi connectivity index (χ0) is 34.6. The lowest BCUT2D eigenvalue weighted by Gasteiger charge is -2.21. The second-order valence-corrected chi connectivity index (χ2v) is 16.1. The molecule has 0 aliphatic carbocycles. The summed E-state index contributed by atoms with van der Waals surface area (Å²) in [6.45, 7) is 0. The van der Waals surface area contributed by atoms with Crippen molar-refractivity contribution in [2.75, 3.05) is 0 Å². The van der Waals surface area contributed by atoms with Gasteiger partial charge in [0.2, 0.25) is 0 Å². The van der Waals surface area contributed by atoms with Gasteiger partial charge < -0.3 is 4.57 Å². The average molecular weight is 682 g/mol. The molecule has 244 valence electrons. The maximum atomic E-state index is 15.1. The van der Waals surface area contributed by atoms with Gasteiger partial charge in [-0.2, -0.15) is 0 Å². The van der Waals surface area contributed by atoms with Crippen LogP contribution in [0, 0.1) is 0 Å². The monoisotopic (exact) mass is 681 g/mol. The van der Waals surface area contributed by atoms with Crippen LogP contribution >= 0.6 is 7.14 Å². The number of hydrogen-bond donors (Lipinski definition) is 0. The normalized spacial score (nSPS) is 11.9. The summed E-state index contributed by atoms with van der Waals surface area (Å²) in [5, 5.41) is 13.2. The molecule has 0 radical (unpaired) electrons. The zero-order valence-corrected chi connectivity index (χ0v) is 29.2. The predicted molar refractivity (Wildman–Crippen MR) is 222 cm³/mol. The molecule has 0 fully saturated rings. The van der Waals surface area contributed by atoms with Crippen LogP contribution in [-0.4, -0.2) is 4.98 Å². The summed E-state index contributed by atoms with van der Waals surface area (Å²) in [7, 11) is -3.10. The summed E-state index contributed by atoms with van der Waals surface area (Å²) in [5.74, 6) is 0. The Morgan fingerprint density at radius 1 is 0.346 bits per heavy atom. The molecule has 2 nitrogen and oxygen atoms in total. The van der Waals surface area contributed by atoms with E-state index in [-0.39, 0.29) is 0 Å². The molecule has 0 atom stereocenters. The molecule has 10 rings (SSSR count). The summed E-state index contributed by atoms with van der Waals surface area (Å²) in [4.78, 5) is 5.56. The lowest BCUT2D eigenvalue weighted by molar-refractivity contribution is 0.592. The molecule has 52 heavy (non-hydrogen) atoms. The van der Waals surface area contributed by atoms with Crippen LogP contribution in [0.3, 0.4) is 0 Å². The van der Waals surface area contributed by atoms with E-state index in [1.54, 1.807) is 0 Å². The number of aromatic nitrogens is 1. The summed E-state index contributed by atoms with van der Waals surface area (Å²) >= 11 is 0. The Hall–Kier alpha value is -6.34. The fraction of sp³-hybridized carbons (Fsp3) is 0. The number of rotatable bonds is 5. The number of fused-ring (bicyclic) bond motifs is 10. The first-order valence-electron chi connectivity index (χ1n) is 17.7. The van der Waals surface area contributed by atoms with Crippen molar-refractivity contribution in [2.45, 2.75) is 0 Å². The van der Waals surface area contributed by atoms with Gasteiger partial charge in [-0.15, -0.1) is 0 Å². The van der Waals surface area contributed by atoms with Gasteiger partial charge in [0.15, 0.2) is 7.14 Å². The molecule has 10 aromatic rings. The fourth-order valence-electron chi connectivity index (χ4n) is 8.15. The van der Waals surface area contributed by atoms with Gasteiger partial charge in [-0.25, -0.2) is 4.98 Å². The van der Waals surface area contributed by atoms with E-state index in [9.17, 15) is 0 Å². The molecule has 1 aromatic heterocycles. The van der Waals surface area contributed by atoms with Crippen molar-refractivity contribution < 1.29 is 4.57 Å². The van der Waals surface area contributed by atoms with E-state index in [2.05, 4.69) is 133 Å². The quantitative estimate of drug-likeness (QED) is 0.134. The van der Waals surface area contributed by atoms with Gasteiger partial charge in [-0.05, 0) is 49.5 Å². The number of nitrogens with zero attached hydrogens (tertiary/aromatic N) is 1. The summed E-state index contributed by atoms with van der Waals surface area (Å²) in [5.41, 5.74) is 5.17. The van der Waals surface area contributed by atoms with E-state index in [0.717, 1.165) is 60.0 Å². The molecule has 1 heterocycles. The van der Waals surface area contributed by atoms with Crippen molar-refractivity contribution in [1.29, 1.82) is 0 Å². The Balaban J connectivity index is 1.28. The molecule has 0 N–H and O–H groups in total. The molecular formula is C49H32NOP. The van der Waals surface area contributed by atoms with E-state index >= 15 is 4.57 Å². The second kappa shape index (κ2) is 12.2. The highest BCUT2D eigenvalue weighted by molar-refractivity contribution is 7.85. The summed E-state index contributed by atoms with van der Waals surface area (Å²) in [6, 6.07) is 67.1. The van der Waals surface area contributed by atoms with Crippen molar-refractivity contribution in [3.63, 3.8) is 0 Å². The van der Waals surface area contributed by atoms with E-state index < -0.39 is 7.14 Å². The van der Waals surface area contributed by atoms with Crippen LogP contribution in [0.2, 0.25) is 0 Å². The van der Waals surface area contributed by atoms with Gasteiger partial charge in [0.1, 0.15) is 0 Å². The minimum absolute atomic E-state index is 0.813.